The van der Waals surface area contributed by atoms with Gasteiger partial charge < -0.3 is 5.32 Å². The number of nitrogens with one attached hydrogen (secondary N) is 1. The highest BCUT2D eigenvalue weighted by atomic mass is 19.4. The van der Waals surface area contributed by atoms with Crippen molar-refractivity contribution in [1.29, 1.82) is 0 Å². The van der Waals surface area contributed by atoms with E-state index >= 15 is 0 Å². The number of benzene rings is 3. The van der Waals surface area contributed by atoms with Gasteiger partial charge in [-0.3, -0.25) is 9.59 Å². The number of rotatable bonds is 6. The molecule has 0 saturated heterocycles. The molecule has 6 nitrogen and oxygen atoms in total. The molecule has 35 heavy (non-hydrogen) atoms. The zero-order valence-electron chi connectivity index (χ0n) is 18.2. The van der Waals surface area contributed by atoms with Gasteiger partial charge in [0.05, 0.1) is 17.8 Å². The summed E-state index contributed by atoms with van der Waals surface area (Å²) in [6, 6.07) is 21.3. The van der Waals surface area contributed by atoms with Gasteiger partial charge in [-0.25, -0.2) is 14.9 Å². The quantitative estimate of drug-likeness (QED) is 0.374. The van der Waals surface area contributed by atoms with E-state index < -0.39 is 18.1 Å². The normalized spacial score (nSPS) is 11.1. The van der Waals surface area contributed by atoms with Gasteiger partial charge >= 0.3 is 6.30 Å². The Balaban J connectivity index is 1.58. The zero-order chi connectivity index (χ0) is 24.8. The van der Waals surface area contributed by atoms with Crippen molar-refractivity contribution in [2.24, 2.45) is 0 Å². The van der Waals surface area contributed by atoms with E-state index in [1.54, 1.807) is 48.5 Å². The lowest BCUT2D eigenvalue weighted by Crippen LogP contribution is -2.43. The highest BCUT2D eigenvalue weighted by Crippen LogP contribution is 2.33. The fourth-order valence-corrected chi connectivity index (χ4v) is 3.52. The fraction of sp³-hybridized carbons (Fsp3) is 0.0769. The molecule has 1 N–H and O–H groups in total. The van der Waals surface area contributed by atoms with E-state index in [0.29, 0.717) is 16.8 Å². The second-order valence-electron chi connectivity index (χ2n) is 7.49. The number of carbonyl (C=O) groups excluding carboxylic acids is 2. The third-order valence-electron chi connectivity index (χ3n) is 5.09. The van der Waals surface area contributed by atoms with E-state index in [1.807, 2.05) is 0 Å². The monoisotopic (exact) mass is 476 g/mol. The van der Waals surface area contributed by atoms with Crippen molar-refractivity contribution in [1.82, 2.24) is 9.97 Å². The second kappa shape index (κ2) is 10.2. The van der Waals surface area contributed by atoms with Gasteiger partial charge in [0, 0.05) is 17.4 Å². The minimum atomic E-state index is -4.97. The van der Waals surface area contributed by atoms with Gasteiger partial charge in [-0.15, -0.1) is 13.2 Å². The molecule has 0 aliphatic carbocycles. The summed E-state index contributed by atoms with van der Waals surface area (Å²) in [5, 5.41) is 2.60. The van der Waals surface area contributed by atoms with Crippen LogP contribution in [-0.4, -0.2) is 28.1 Å². The van der Waals surface area contributed by atoms with Gasteiger partial charge in [-0.1, -0.05) is 48.5 Å². The summed E-state index contributed by atoms with van der Waals surface area (Å²) in [4.78, 5) is 32.9. The summed E-state index contributed by atoms with van der Waals surface area (Å²) in [6.45, 7) is 0. The lowest BCUT2D eigenvalue weighted by Gasteiger charge is -2.26. The maximum Gasteiger partial charge on any atom is 0.491 e. The molecule has 176 valence electrons. The average molecular weight is 476 g/mol. The smallest absolute Gasteiger partial charge is 0.326 e. The van der Waals surface area contributed by atoms with Crippen LogP contribution in [0.2, 0.25) is 0 Å². The number of hydrogen-bond acceptors (Lipinski definition) is 4. The van der Waals surface area contributed by atoms with E-state index in [4.69, 9.17) is 0 Å². The number of halogens is 3. The second-order valence-corrected chi connectivity index (χ2v) is 7.49. The highest BCUT2D eigenvalue weighted by Gasteiger charge is 2.43. The summed E-state index contributed by atoms with van der Waals surface area (Å²) >= 11 is 0. The molecule has 1 aromatic heterocycles. The molecule has 4 aromatic rings. The van der Waals surface area contributed by atoms with Crippen LogP contribution in [0.15, 0.2) is 97.5 Å². The van der Waals surface area contributed by atoms with E-state index in [-0.39, 0.29) is 28.3 Å². The molecule has 9 heteroatoms. The molecular weight excluding hydrogens is 457 g/mol. The first-order valence-electron chi connectivity index (χ1n) is 10.5. The maximum absolute atomic E-state index is 14.1. The van der Waals surface area contributed by atoms with Crippen molar-refractivity contribution >= 4 is 23.2 Å². The topological polar surface area (TPSA) is 75.2 Å². The molecule has 0 fully saturated rings. The van der Waals surface area contributed by atoms with Gasteiger partial charge in [-0.05, 0) is 47.5 Å². The number of anilines is 2. The van der Waals surface area contributed by atoms with Crippen LogP contribution in [0.5, 0.6) is 0 Å². The number of aromatic nitrogens is 2. The number of alkyl halides is 3. The average Bonchev–Trinajstić information content (AvgIpc) is 2.85. The predicted molar refractivity (Wildman–Crippen MR) is 126 cm³/mol. The Bertz CT molecular complexity index is 1310. The Morgan fingerprint density at radius 2 is 1.54 bits per heavy atom. The molecule has 0 radical (unpaired) electrons. The van der Waals surface area contributed by atoms with Crippen molar-refractivity contribution in [3.8, 4) is 11.1 Å². The molecular formula is C26H19F3N4O2. The van der Waals surface area contributed by atoms with Crippen LogP contribution in [0.3, 0.4) is 0 Å². The Morgan fingerprint density at radius 1 is 0.857 bits per heavy atom. The lowest BCUT2D eigenvalue weighted by molar-refractivity contribution is -0.122. The number of amides is 2. The summed E-state index contributed by atoms with van der Waals surface area (Å²) in [5.74, 6) is -1.60. The van der Waals surface area contributed by atoms with Gasteiger partial charge in [0.2, 0.25) is 5.91 Å². The van der Waals surface area contributed by atoms with Crippen LogP contribution in [0.25, 0.3) is 11.1 Å². The van der Waals surface area contributed by atoms with Crippen molar-refractivity contribution in [3.63, 3.8) is 0 Å². The molecule has 3 aromatic carbocycles. The summed E-state index contributed by atoms with van der Waals surface area (Å²) in [6.07, 6.45) is -2.18. The third kappa shape index (κ3) is 5.70. The molecule has 0 aliphatic heterocycles. The van der Waals surface area contributed by atoms with Gasteiger partial charge in [-0.2, -0.15) is 0 Å². The van der Waals surface area contributed by atoms with Crippen LogP contribution < -0.4 is 10.2 Å². The van der Waals surface area contributed by atoms with Crippen LogP contribution in [0.4, 0.5) is 24.5 Å². The minimum Gasteiger partial charge on any atom is -0.326 e. The van der Waals surface area contributed by atoms with Crippen molar-refractivity contribution in [2.45, 2.75) is 12.7 Å². The highest BCUT2D eigenvalue weighted by molar-refractivity contribution is 6.10. The van der Waals surface area contributed by atoms with Crippen LogP contribution in [-0.2, 0) is 11.2 Å². The largest absolute Gasteiger partial charge is 0.491 e. The number of hydrogen-bond donors (Lipinski definition) is 1. The molecule has 0 aliphatic rings. The maximum atomic E-state index is 14.1. The molecule has 4 rings (SSSR count). The van der Waals surface area contributed by atoms with Gasteiger partial charge in [0.1, 0.15) is 6.33 Å². The molecule has 0 spiro atoms. The third-order valence-corrected chi connectivity index (χ3v) is 5.09. The molecule has 0 bridgehead atoms. The molecule has 1 heterocycles. The minimum absolute atomic E-state index is 0.0201. The number of carbonyl (C=O) groups is 2. The van der Waals surface area contributed by atoms with Crippen molar-refractivity contribution in [3.05, 3.63) is 109 Å². The Morgan fingerprint density at radius 3 is 2.20 bits per heavy atom. The van der Waals surface area contributed by atoms with Gasteiger partial charge in [0.15, 0.2) is 0 Å². The van der Waals surface area contributed by atoms with E-state index in [9.17, 15) is 22.8 Å². The Labute approximate surface area is 199 Å². The Kier molecular flexibility index (Phi) is 6.86. The molecule has 0 atom stereocenters. The first kappa shape index (κ1) is 23.6. The van der Waals surface area contributed by atoms with Crippen LogP contribution in [0.1, 0.15) is 16.1 Å². The zero-order valence-corrected chi connectivity index (χ0v) is 18.2. The SMILES string of the molecule is O=C(Cc1ccncn1)Nc1ccc(N(C(=O)c2ccccc2-c2ccccc2)C(F)(F)F)cc1. The molecule has 0 saturated carbocycles. The van der Waals surface area contributed by atoms with E-state index in [1.165, 1.54) is 36.8 Å². The van der Waals surface area contributed by atoms with Crippen molar-refractivity contribution in [2.75, 3.05) is 10.2 Å². The summed E-state index contributed by atoms with van der Waals surface area (Å²) in [7, 11) is 0. The number of nitrogens with zero attached hydrogens (tertiary/aromatic N) is 3. The van der Waals surface area contributed by atoms with Crippen LogP contribution >= 0.6 is 0 Å². The summed E-state index contributed by atoms with van der Waals surface area (Å²) in [5.41, 5.74) is 1.34. The van der Waals surface area contributed by atoms with Gasteiger partial charge in [0.25, 0.3) is 5.91 Å². The van der Waals surface area contributed by atoms with Crippen molar-refractivity contribution < 1.29 is 22.8 Å². The fourth-order valence-electron chi connectivity index (χ4n) is 3.52. The molecule has 2 amide bonds. The molecule has 0 unspecified atom stereocenters. The first-order chi connectivity index (χ1) is 16.8. The summed E-state index contributed by atoms with van der Waals surface area (Å²) < 4.78 is 42.2. The predicted octanol–water partition coefficient (Wildman–Crippen LogP) is 5.49. The standard InChI is InChI=1S/C26H19F3N4O2/c27-26(28,29)33(25(35)23-9-5-4-8-22(23)18-6-2-1-3-7-18)21-12-10-19(11-13-21)32-24(34)16-20-14-15-30-17-31-20/h1-15,17H,16H2,(H,32,34). The first-order valence-corrected chi connectivity index (χ1v) is 10.5. The van der Waals surface area contributed by atoms with Crippen LogP contribution in [0, 0.1) is 0 Å². The van der Waals surface area contributed by atoms with E-state index in [2.05, 4.69) is 15.3 Å². The van der Waals surface area contributed by atoms with E-state index in [0.717, 1.165) is 12.1 Å². The Hall–Kier alpha value is -4.53. The lowest BCUT2D eigenvalue weighted by atomic mass is 9.99.